The zero-order chi connectivity index (χ0) is 46.6. The van der Waals surface area contributed by atoms with Crippen LogP contribution >= 0.6 is 0 Å². The number of amides is 3. The number of esters is 4. The second-order valence-corrected chi connectivity index (χ2v) is 14.8. The topological polar surface area (TPSA) is 328 Å². The highest BCUT2D eigenvalue weighted by atomic mass is 16.6. The number of nitro benzene ring substituents is 3. The number of nitrogens with zero attached hydrogens (tertiary/aromatic N) is 6. The normalized spacial score (nSPS) is 19.8. The summed E-state index contributed by atoms with van der Waals surface area (Å²) in [5.74, 6) is -7.56. The molecule has 24 nitrogen and oxygen atoms in total. The van der Waals surface area contributed by atoms with E-state index < -0.39 is 92.5 Å². The molecule has 0 bridgehead atoms. The Hall–Kier alpha value is -8.12. The molecule has 0 saturated carbocycles. The van der Waals surface area contributed by atoms with E-state index in [1.807, 2.05) is 4.90 Å². The fourth-order valence-corrected chi connectivity index (χ4v) is 7.61. The number of aliphatic imine (C=N–C) groups is 1. The molecule has 6 rings (SSSR count). The van der Waals surface area contributed by atoms with Crippen molar-refractivity contribution in [1.29, 1.82) is 0 Å². The molecule has 3 aliphatic rings. The van der Waals surface area contributed by atoms with Gasteiger partial charge in [0, 0.05) is 61.8 Å². The Kier molecular flexibility index (Phi) is 13.4. The number of benzene rings is 3. The van der Waals surface area contributed by atoms with Crippen molar-refractivity contribution in [3.63, 3.8) is 0 Å². The highest BCUT2D eigenvalue weighted by molar-refractivity contribution is 6.07. The maximum absolute atomic E-state index is 13.7. The number of likely N-dealkylation sites (tertiary alicyclic amines) is 1. The number of non-ortho nitro benzene ring substituents is 3. The lowest BCUT2D eigenvalue weighted by atomic mass is 9.77. The van der Waals surface area contributed by atoms with Gasteiger partial charge in [-0.05, 0) is 67.8 Å². The lowest BCUT2D eigenvalue weighted by molar-refractivity contribution is -0.385. The molecule has 2 fully saturated rings. The molecular weight excluding hydrogens is 850 g/mol. The third kappa shape index (κ3) is 9.98. The predicted molar refractivity (Wildman–Crippen MR) is 213 cm³/mol. The van der Waals surface area contributed by atoms with Crippen LogP contribution < -0.4 is 5.32 Å². The number of nitro groups is 3. The van der Waals surface area contributed by atoms with E-state index in [0.717, 1.165) is 72.8 Å². The zero-order valence-electron chi connectivity index (χ0n) is 33.5. The molecule has 0 radical (unpaired) electrons. The molecule has 5 atom stereocenters. The average molecular weight is 886 g/mol. The molecule has 2 saturated heterocycles. The number of aliphatic hydroxyl groups excluding tert-OH is 1. The first kappa shape index (κ1) is 45.4. The van der Waals surface area contributed by atoms with Crippen LogP contribution in [-0.2, 0) is 23.8 Å². The van der Waals surface area contributed by atoms with Crippen molar-refractivity contribution in [3.8, 4) is 0 Å². The van der Waals surface area contributed by atoms with Gasteiger partial charge in [-0.25, -0.2) is 28.8 Å². The minimum atomic E-state index is -1.52. The minimum absolute atomic E-state index is 0.0398. The first-order chi connectivity index (χ1) is 30.3. The van der Waals surface area contributed by atoms with Crippen LogP contribution in [0, 0.1) is 48.1 Å². The molecule has 24 heteroatoms. The smallest absolute Gasteiger partial charge is 0.393 e. The van der Waals surface area contributed by atoms with Gasteiger partial charge >= 0.3 is 36.1 Å². The van der Waals surface area contributed by atoms with Gasteiger partial charge in [-0.3, -0.25) is 45.4 Å². The van der Waals surface area contributed by atoms with Crippen molar-refractivity contribution in [2.45, 2.75) is 38.8 Å². The minimum Gasteiger partial charge on any atom is -0.393 e. The highest BCUT2D eigenvalue weighted by Crippen LogP contribution is 2.48. The summed E-state index contributed by atoms with van der Waals surface area (Å²) in [5.41, 5.74) is -1.45. The maximum Gasteiger partial charge on any atom is 0.443 e. The number of amidine groups is 1. The zero-order valence-corrected chi connectivity index (χ0v) is 33.5. The number of nitrogens with one attached hydrogen (secondary N) is 1. The number of rotatable bonds is 12. The van der Waals surface area contributed by atoms with Crippen LogP contribution in [0.4, 0.5) is 26.7 Å². The number of hydrogen-bond donors (Lipinski definition) is 2. The molecular formula is C40H35N7O17. The van der Waals surface area contributed by atoms with E-state index in [-0.39, 0.29) is 59.0 Å². The van der Waals surface area contributed by atoms with Gasteiger partial charge in [-0.2, -0.15) is 4.99 Å². The molecule has 0 spiro atoms. The van der Waals surface area contributed by atoms with Gasteiger partial charge < -0.3 is 24.2 Å². The first-order valence-corrected chi connectivity index (χ1v) is 19.2. The maximum atomic E-state index is 13.7. The van der Waals surface area contributed by atoms with Crippen molar-refractivity contribution in [2.75, 3.05) is 19.6 Å². The van der Waals surface area contributed by atoms with E-state index in [1.54, 1.807) is 6.92 Å². The Morgan fingerprint density at radius 1 is 0.766 bits per heavy atom. The second-order valence-electron chi connectivity index (χ2n) is 14.8. The van der Waals surface area contributed by atoms with E-state index in [1.165, 1.54) is 11.8 Å². The number of hydrogen-bond acceptors (Lipinski definition) is 18. The van der Waals surface area contributed by atoms with Crippen LogP contribution in [0.2, 0.25) is 0 Å². The third-order valence-corrected chi connectivity index (χ3v) is 10.7. The number of carbonyl (C=O) groups is 7. The van der Waals surface area contributed by atoms with Crippen molar-refractivity contribution in [3.05, 3.63) is 131 Å². The van der Waals surface area contributed by atoms with E-state index in [2.05, 4.69) is 10.3 Å². The number of fused-ring (bicyclic) bond motifs is 1. The van der Waals surface area contributed by atoms with Gasteiger partial charge in [-0.1, -0.05) is 6.92 Å². The van der Waals surface area contributed by atoms with E-state index in [4.69, 9.17) is 14.2 Å². The van der Waals surface area contributed by atoms with Crippen LogP contribution in [0.15, 0.2) is 89.1 Å². The van der Waals surface area contributed by atoms with Crippen LogP contribution in [0.1, 0.15) is 57.8 Å². The summed E-state index contributed by atoms with van der Waals surface area (Å²) in [6.45, 7) is 3.75. The molecule has 3 aromatic carbocycles. The Labute approximate surface area is 359 Å². The quantitative estimate of drug-likeness (QED) is 0.0381. The molecule has 3 aliphatic heterocycles. The Balaban J connectivity index is 1.18. The van der Waals surface area contributed by atoms with Gasteiger partial charge in [-0.15, -0.1) is 0 Å². The molecule has 64 heavy (non-hydrogen) atoms. The Bertz CT molecular complexity index is 2520. The fraction of sp³-hybridized carbons (Fsp3) is 0.300. The largest absolute Gasteiger partial charge is 0.443 e. The summed E-state index contributed by atoms with van der Waals surface area (Å²) in [6.07, 6.45) is -3.86. The second kappa shape index (κ2) is 18.9. The summed E-state index contributed by atoms with van der Waals surface area (Å²) < 4.78 is 14.7. The number of β-lactam (4-membered cyclic amide) rings is 1. The standard InChI is InChI=1S/C40H35N7O17/c1-20-29(33(44-32(20)31(21(2)48)34(44)49)38(53)62-35(50)23-3-9-26(10-4-23)45(56)57)19-43-16-15-22(18-43)17-30(41-39(54)63-36(51)24-5-11-27(12-6-24)46(58)59)42-40(55)64-37(52)25-7-13-28(14-8-25)47(60)61/h3-14,20-22,31-32,48H,15-19H2,1-2H3,(H,41,42,54,55)/t20-,21+,22-,31+,32+/m0/s1. The number of carbonyl (C=O) groups excluding carboxylic acids is 7. The van der Waals surface area contributed by atoms with E-state index >= 15 is 0 Å². The van der Waals surface area contributed by atoms with E-state index in [0.29, 0.717) is 18.5 Å². The fourth-order valence-electron chi connectivity index (χ4n) is 7.61. The summed E-state index contributed by atoms with van der Waals surface area (Å²) in [4.78, 5) is 129. The van der Waals surface area contributed by atoms with Gasteiger partial charge in [0.1, 0.15) is 11.5 Å². The lowest BCUT2D eigenvalue weighted by Gasteiger charge is -2.46. The summed E-state index contributed by atoms with van der Waals surface area (Å²) in [5, 5.41) is 45.6. The van der Waals surface area contributed by atoms with Crippen LogP contribution in [-0.4, -0.2) is 109 Å². The molecule has 3 amide bonds. The molecule has 0 aliphatic carbocycles. The lowest BCUT2D eigenvalue weighted by Crippen LogP contribution is -2.63. The third-order valence-electron chi connectivity index (χ3n) is 10.7. The van der Waals surface area contributed by atoms with Crippen molar-refractivity contribution < 1.29 is 67.6 Å². The number of ether oxygens (including phenoxy) is 3. The summed E-state index contributed by atoms with van der Waals surface area (Å²) >= 11 is 0. The Morgan fingerprint density at radius 3 is 1.70 bits per heavy atom. The van der Waals surface area contributed by atoms with Crippen LogP contribution in [0.3, 0.4) is 0 Å². The monoisotopic (exact) mass is 885 g/mol. The number of alkyl carbamates (subject to hydrolysis) is 1. The van der Waals surface area contributed by atoms with Crippen molar-refractivity contribution in [1.82, 2.24) is 15.1 Å². The van der Waals surface area contributed by atoms with Crippen LogP contribution in [0.5, 0.6) is 0 Å². The highest BCUT2D eigenvalue weighted by Gasteiger charge is 2.60. The van der Waals surface area contributed by atoms with Gasteiger partial charge in [0.2, 0.25) is 5.91 Å². The predicted octanol–water partition coefficient (Wildman–Crippen LogP) is 3.86. The van der Waals surface area contributed by atoms with Gasteiger partial charge in [0.25, 0.3) is 17.1 Å². The van der Waals surface area contributed by atoms with Crippen LogP contribution in [0.25, 0.3) is 0 Å². The molecule has 3 heterocycles. The Morgan fingerprint density at radius 2 is 1.23 bits per heavy atom. The molecule has 0 aromatic heterocycles. The molecule has 3 aromatic rings. The van der Waals surface area contributed by atoms with Gasteiger partial charge in [0.15, 0.2) is 0 Å². The van der Waals surface area contributed by atoms with Crippen molar-refractivity contribution in [2.24, 2.45) is 22.7 Å². The number of aliphatic hydroxyl groups is 1. The molecule has 2 N–H and O–H groups in total. The summed E-state index contributed by atoms with van der Waals surface area (Å²) in [6, 6.07) is 11.8. The summed E-state index contributed by atoms with van der Waals surface area (Å²) in [7, 11) is 0. The average Bonchev–Trinajstić information content (AvgIpc) is 3.79. The van der Waals surface area contributed by atoms with Crippen molar-refractivity contribution >= 4 is 64.9 Å². The van der Waals surface area contributed by atoms with Gasteiger partial charge in [0.05, 0.1) is 49.5 Å². The molecule has 332 valence electrons. The SMILES string of the molecule is C[C@@H](O)[C@H]1C(=O)N2C(C(=O)OC(=O)c3ccc([N+](=O)[O-])cc3)=C(CN3CC[C@@H](CC(=NC(=O)OC(=O)c4ccc([N+](=O)[O-])cc4)NC(=O)OC(=O)c4ccc([N+](=O)[O-])cc4)C3)[C@H](C)[C@H]12. The first-order valence-electron chi connectivity index (χ1n) is 19.2. The van der Waals surface area contributed by atoms with E-state index in [9.17, 15) is 69.0 Å². The molecule has 0 unspecified atom stereocenters.